The summed E-state index contributed by atoms with van der Waals surface area (Å²) in [5, 5.41) is 19.0. The third-order valence-corrected chi connectivity index (χ3v) is 7.31. The summed E-state index contributed by atoms with van der Waals surface area (Å²) in [5.41, 5.74) is 1.39. The Kier molecular flexibility index (Phi) is 7.37. The van der Waals surface area contributed by atoms with Crippen LogP contribution in [-0.4, -0.2) is 50.9 Å². The number of fused-ring (bicyclic) bond motifs is 1. The van der Waals surface area contributed by atoms with Crippen molar-refractivity contribution in [2.24, 2.45) is 0 Å². The molecule has 192 valence electrons. The van der Waals surface area contributed by atoms with Gasteiger partial charge in [0.1, 0.15) is 18.2 Å². The second-order valence-corrected chi connectivity index (χ2v) is 9.79. The molecule has 0 spiro atoms. The number of ether oxygens (including phenoxy) is 2. The van der Waals surface area contributed by atoms with Gasteiger partial charge in [-0.15, -0.1) is 0 Å². The molecule has 1 aliphatic carbocycles. The molecule has 37 heavy (non-hydrogen) atoms. The molecular formula is C25H26N6O5S. The van der Waals surface area contributed by atoms with E-state index in [9.17, 15) is 14.9 Å². The van der Waals surface area contributed by atoms with Crippen LogP contribution in [-0.2, 0) is 4.74 Å². The molecule has 3 heterocycles. The summed E-state index contributed by atoms with van der Waals surface area (Å²) in [6, 6.07) is 10.4. The Hall–Kier alpha value is -3.90. The third kappa shape index (κ3) is 5.44. The minimum absolute atomic E-state index is 0.100. The number of carbonyl (C=O) groups is 1. The van der Waals surface area contributed by atoms with E-state index in [4.69, 9.17) is 14.5 Å². The van der Waals surface area contributed by atoms with Gasteiger partial charge in [0.2, 0.25) is 0 Å². The van der Waals surface area contributed by atoms with Gasteiger partial charge in [0.15, 0.2) is 11.5 Å². The lowest BCUT2D eigenvalue weighted by Gasteiger charge is -2.22. The van der Waals surface area contributed by atoms with E-state index < -0.39 is 10.8 Å². The highest BCUT2D eigenvalue weighted by Gasteiger charge is 2.23. The molecule has 1 N–H and O–H groups in total. The zero-order valence-corrected chi connectivity index (χ0v) is 21.1. The molecular weight excluding hydrogens is 496 g/mol. The van der Waals surface area contributed by atoms with Crippen LogP contribution in [0, 0.1) is 10.1 Å². The molecule has 12 heteroatoms. The average molecular weight is 523 g/mol. The maximum absolute atomic E-state index is 13.0. The fourth-order valence-electron chi connectivity index (χ4n) is 4.40. The number of rotatable bonds is 9. The zero-order chi connectivity index (χ0) is 25.8. The molecule has 1 amide bonds. The van der Waals surface area contributed by atoms with E-state index >= 15 is 0 Å². The number of anilines is 1. The van der Waals surface area contributed by atoms with Crippen LogP contribution >= 0.6 is 11.3 Å². The van der Waals surface area contributed by atoms with Crippen LogP contribution in [0.25, 0.3) is 22.4 Å². The van der Waals surface area contributed by atoms with Crippen molar-refractivity contribution < 1.29 is 19.2 Å². The molecule has 1 aromatic carbocycles. The van der Waals surface area contributed by atoms with Crippen molar-refractivity contribution in [2.45, 2.75) is 38.1 Å². The number of nitrogens with zero attached hydrogens (tertiary/aromatic N) is 5. The van der Waals surface area contributed by atoms with Gasteiger partial charge in [-0.2, -0.15) is 5.10 Å². The Bertz CT molecular complexity index is 1410. The van der Waals surface area contributed by atoms with Crippen LogP contribution < -0.4 is 10.1 Å². The van der Waals surface area contributed by atoms with Crippen LogP contribution in [0.1, 0.15) is 47.8 Å². The van der Waals surface area contributed by atoms with Crippen molar-refractivity contribution in [3.63, 3.8) is 0 Å². The summed E-state index contributed by atoms with van der Waals surface area (Å²) in [6.07, 6.45) is 7.19. The highest BCUT2D eigenvalue weighted by Crippen LogP contribution is 2.33. The van der Waals surface area contributed by atoms with Gasteiger partial charge in [-0.1, -0.05) is 30.6 Å². The van der Waals surface area contributed by atoms with Crippen molar-refractivity contribution in [3.8, 4) is 17.1 Å². The van der Waals surface area contributed by atoms with Crippen molar-refractivity contribution >= 4 is 39.1 Å². The van der Waals surface area contributed by atoms with Gasteiger partial charge >= 0.3 is 5.00 Å². The Morgan fingerprint density at radius 1 is 1.14 bits per heavy atom. The van der Waals surface area contributed by atoms with E-state index in [-0.39, 0.29) is 15.9 Å². The predicted octanol–water partition coefficient (Wildman–Crippen LogP) is 5.25. The highest BCUT2D eigenvalue weighted by molar-refractivity contribution is 7.17. The first-order chi connectivity index (χ1) is 18.0. The largest absolute Gasteiger partial charge is 0.491 e. The molecule has 11 nitrogen and oxygen atoms in total. The molecule has 0 atom stereocenters. The quantitative estimate of drug-likeness (QED) is 0.179. The van der Waals surface area contributed by atoms with E-state index in [1.807, 2.05) is 28.9 Å². The smallest absolute Gasteiger partial charge is 0.324 e. The fourth-order valence-corrected chi connectivity index (χ4v) is 5.12. The number of nitro groups is 1. The normalized spacial score (nSPS) is 14.1. The van der Waals surface area contributed by atoms with E-state index in [1.165, 1.54) is 18.6 Å². The highest BCUT2D eigenvalue weighted by atomic mass is 32.1. The second kappa shape index (κ2) is 11.0. The first kappa shape index (κ1) is 24.8. The second-order valence-electron chi connectivity index (χ2n) is 8.73. The number of thiophene rings is 1. The standard InChI is InChI=1S/C25H26N6O5S/c1-35-13-14-36-18-9-7-16(8-10-18)22-27-23(29-25(32)20-11-12-21(37-20)31(33)34)19-15-26-30(24(19)28-22)17-5-3-2-4-6-17/h7-12,15,17H,2-6,13-14H2,1H3,(H,27,28,29,32). The van der Waals surface area contributed by atoms with E-state index in [0.717, 1.165) is 42.6 Å². The Balaban J connectivity index is 1.51. The maximum atomic E-state index is 13.0. The van der Waals surface area contributed by atoms with Crippen LogP contribution in [0.3, 0.4) is 0 Å². The summed E-state index contributed by atoms with van der Waals surface area (Å²) >= 11 is 0.814. The minimum atomic E-state index is -0.515. The molecule has 4 aromatic rings. The van der Waals surface area contributed by atoms with Gasteiger partial charge in [0.25, 0.3) is 5.91 Å². The molecule has 0 aliphatic heterocycles. The van der Waals surface area contributed by atoms with Crippen LogP contribution in [0.5, 0.6) is 5.75 Å². The Morgan fingerprint density at radius 3 is 2.62 bits per heavy atom. The summed E-state index contributed by atoms with van der Waals surface area (Å²) in [5.74, 6) is 0.961. The molecule has 5 rings (SSSR count). The Labute approximate surface area is 216 Å². The van der Waals surface area contributed by atoms with Gasteiger partial charge in [-0.25, -0.2) is 14.6 Å². The first-order valence-corrected chi connectivity index (χ1v) is 12.9. The van der Waals surface area contributed by atoms with Crippen LogP contribution in [0.15, 0.2) is 42.6 Å². The predicted molar refractivity (Wildman–Crippen MR) is 139 cm³/mol. The van der Waals surface area contributed by atoms with Crippen molar-refractivity contribution in [3.05, 3.63) is 57.6 Å². The maximum Gasteiger partial charge on any atom is 0.324 e. The van der Waals surface area contributed by atoms with Crippen LogP contribution in [0.2, 0.25) is 0 Å². The van der Waals surface area contributed by atoms with E-state index in [2.05, 4.69) is 15.4 Å². The third-order valence-electron chi connectivity index (χ3n) is 6.27. The lowest BCUT2D eigenvalue weighted by molar-refractivity contribution is -0.380. The molecule has 1 fully saturated rings. The topological polar surface area (TPSA) is 134 Å². The molecule has 1 aliphatic rings. The summed E-state index contributed by atoms with van der Waals surface area (Å²) in [7, 11) is 1.62. The van der Waals surface area contributed by atoms with E-state index in [0.29, 0.717) is 41.6 Å². The molecule has 1 saturated carbocycles. The first-order valence-electron chi connectivity index (χ1n) is 12.1. The molecule has 0 bridgehead atoms. The van der Waals surface area contributed by atoms with Gasteiger partial charge in [-0.3, -0.25) is 14.9 Å². The van der Waals surface area contributed by atoms with Crippen molar-refractivity contribution in [1.29, 1.82) is 0 Å². The minimum Gasteiger partial charge on any atom is -0.491 e. The van der Waals surface area contributed by atoms with Gasteiger partial charge in [0.05, 0.1) is 34.0 Å². The lowest BCUT2D eigenvalue weighted by atomic mass is 9.96. The number of nitrogens with one attached hydrogen (secondary N) is 1. The number of hydrogen-bond acceptors (Lipinski definition) is 9. The van der Waals surface area contributed by atoms with Crippen molar-refractivity contribution in [2.75, 3.05) is 25.6 Å². The van der Waals surface area contributed by atoms with Crippen LogP contribution in [0.4, 0.5) is 10.8 Å². The average Bonchev–Trinajstić information content (AvgIpc) is 3.58. The SMILES string of the molecule is COCCOc1ccc(-c2nc(NC(=O)c3ccc([N+](=O)[O-])s3)c3cnn(C4CCCCC4)c3n2)cc1. The molecule has 3 aromatic heterocycles. The number of amides is 1. The number of benzene rings is 1. The van der Waals surface area contributed by atoms with Gasteiger partial charge in [-0.05, 0) is 43.2 Å². The summed E-state index contributed by atoms with van der Waals surface area (Å²) in [6.45, 7) is 0.930. The molecule has 0 unspecified atom stereocenters. The number of hydrogen-bond donors (Lipinski definition) is 1. The van der Waals surface area contributed by atoms with Gasteiger partial charge in [0, 0.05) is 18.7 Å². The molecule has 0 radical (unpaired) electrons. The lowest BCUT2D eigenvalue weighted by Crippen LogP contribution is -2.15. The van der Waals surface area contributed by atoms with E-state index in [1.54, 1.807) is 13.3 Å². The number of aromatic nitrogens is 4. The van der Waals surface area contributed by atoms with Gasteiger partial charge < -0.3 is 14.8 Å². The zero-order valence-electron chi connectivity index (χ0n) is 20.3. The number of carbonyl (C=O) groups excluding carboxylic acids is 1. The Morgan fingerprint density at radius 2 is 1.92 bits per heavy atom. The monoisotopic (exact) mass is 522 g/mol. The summed E-state index contributed by atoms with van der Waals surface area (Å²) < 4.78 is 12.6. The summed E-state index contributed by atoms with van der Waals surface area (Å²) in [4.78, 5) is 33.2. The number of methoxy groups -OCH3 is 1. The molecule has 0 saturated heterocycles. The fraction of sp³-hybridized carbons (Fsp3) is 0.360. The van der Waals surface area contributed by atoms with Crippen molar-refractivity contribution in [1.82, 2.24) is 19.7 Å².